The molecule has 0 radical (unpaired) electrons. The number of esters is 2. The summed E-state index contributed by atoms with van der Waals surface area (Å²) in [6.07, 6.45) is 1.86. The lowest BCUT2D eigenvalue weighted by Gasteiger charge is -2.23. The van der Waals surface area contributed by atoms with Crippen LogP contribution < -0.4 is 0 Å². The second-order valence-corrected chi connectivity index (χ2v) is 3.74. The highest BCUT2D eigenvalue weighted by atomic mass is 16.6. The van der Waals surface area contributed by atoms with Crippen molar-refractivity contribution in [2.45, 2.75) is 53.1 Å². The summed E-state index contributed by atoms with van der Waals surface area (Å²) in [6.45, 7) is 7.38. The molecule has 2 unspecified atom stereocenters. The van der Waals surface area contributed by atoms with E-state index in [1.165, 1.54) is 6.92 Å². The van der Waals surface area contributed by atoms with E-state index < -0.39 is 18.0 Å². The van der Waals surface area contributed by atoms with Crippen LogP contribution in [0.3, 0.4) is 0 Å². The molecule has 0 amide bonds. The van der Waals surface area contributed by atoms with Gasteiger partial charge in [0.05, 0.1) is 6.61 Å². The maximum Gasteiger partial charge on any atom is 0.347 e. The van der Waals surface area contributed by atoms with Gasteiger partial charge in [0.25, 0.3) is 0 Å². The van der Waals surface area contributed by atoms with Gasteiger partial charge >= 0.3 is 11.9 Å². The molecule has 0 aromatic rings. The van der Waals surface area contributed by atoms with Crippen molar-refractivity contribution in [1.29, 1.82) is 0 Å². The lowest BCUT2D eigenvalue weighted by Crippen LogP contribution is -2.35. The largest absolute Gasteiger partial charge is 0.463 e. The Labute approximate surface area is 97.3 Å². The molecule has 0 aliphatic heterocycles. The molecule has 16 heavy (non-hydrogen) atoms. The fourth-order valence-corrected chi connectivity index (χ4v) is 1.68. The SMILES string of the molecule is CCCC(CC)C(OC(C)=O)C(=O)OCC. The molecule has 2 atom stereocenters. The number of ether oxygens (including phenoxy) is 2. The third-order valence-electron chi connectivity index (χ3n) is 2.42. The van der Waals surface area contributed by atoms with Gasteiger partial charge in [0.15, 0.2) is 0 Å². The number of hydrogen-bond acceptors (Lipinski definition) is 4. The lowest BCUT2D eigenvalue weighted by molar-refractivity contribution is -0.170. The maximum absolute atomic E-state index is 11.7. The molecule has 0 rings (SSSR count). The topological polar surface area (TPSA) is 52.6 Å². The van der Waals surface area contributed by atoms with Crippen LogP contribution in [0.15, 0.2) is 0 Å². The highest BCUT2D eigenvalue weighted by molar-refractivity contribution is 5.78. The Kier molecular flexibility index (Phi) is 7.60. The van der Waals surface area contributed by atoms with Crippen molar-refractivity contribution in [2.75, 3.05) is 6.61 Å². The molecule has 0 bridgehead atoms. The Morgan fingerprint density at radius 3 is 2.19 bits per heavy atom. The number of carbonyl (C=O) groups is 2. The third-order valence-corrected chi connectivity index (χ3v) is 2.42. The van der Waals surface area contributed by atoms with E-state index in [0.29, 0.717) is 6.61 Å². The lowest BCUT2D eigenvalue weighted by atomic mass is 9.94. The minimum absolute atomic E-state index is 0.0490. The van der Waals surface area contributed by atoms with Crippen LogP contribution in [0.5, 0.6) is 0 Å². The van der Waals surface area contributed by atoms with E-state index in [1.54, 1.807) is 6.92 Å². The third kappa shape index (κ3) is 5.14. The first-order valence-electron chi connectivity index (χ1n) is 5.90. The molecule has 0 aliphatic rings. The van der Waals surface area contributed by atoms with Crippen molar-refractivity contribution < 1.29 is 19.1 Å². The van der Waals surface area contributed by atoms with Crippen molar-refractivity contribution in [3.63, 3.8) is 0 Å². The van der Waals surface area contributed by atoms with Gasteiger partial charge in [-0.05, 0) is 19.8 Å². The second kappa shape index (κ2) is 8.13. The van der Waals surface area contributed by atoms with E-state index in [2.05, 4.69) is 0 Å². The van der Waals surface area contributed by atoms with E-state index in [4.69, 9.17) is 9.47 Å². The summed E-state index contributed by atoms with van der Waals surface area (Å²) in [6, 6.07) is 0. The molecule has 0 aromatic carbocycles. The average molecular weight is 230 g/mol. The van der Waals surface area contributed by atoms with Crippen LogP contribution in [0.1, 0.15) is 47.0 Å². The normalized spacial score (nSPS) is 14.0. The zero-order chi connectivity index (χ0) is 12.6. The van der Waals surface area contributed by atoms with Crippen molar-refractivity contribution in [2.24, 2.45) is 5.92 Å². The van der Waals surface area contributed by atoms with E-state index >= 15 is 0 Å². The van der Waals surface area contributed by atoms with Gasteiger partial charge in [-0.1, -0.05) is 20.3 Å². The molecule has 0 heterocycles. The first kappa shape index (κ1) is 14.9. The standard InChI is InChI=1S/C12H22O4/c1-5-8-10(6-2)11(16-9(4)13)12(14)15-7-3/h10-11H,5-8H2,1-4H3. The number of hydrogen-bond donors (Lipinski definition) is 0. The summed E-state index contributed by atoms with van der Waals surface area (Å²) < 4.78 is 9.97. The molecule has 4 heteroatoms. The van der Waals surface area contributed by atoms with Crippen LogP contribution in [0.25, 0.3) is 0 Å². The predicted octanol–water partition coefficient (Wildman–Crippen LogP) is 2.31. The Balaban J connectivity index is 4.60. The smallest absolute Gasteiger partial charge is 0.347 e. The summed E-state index contributed by atoms with van der Waals surface area (Å²) >= 11 is 0. The van der Waals surface area contributed by atoms with Crippen molar-refractivity contribution in [3.8, 4) is 0 Å². The Bertz CT molecular complexity index is 225. The van der Waals surface area contributed by atoms with Gasteiger partial charge < -0.3 is 9.47 Å². The summed E-state index contributed by atoms with van der Waals surface area (Å²) in [5.74, 6) is -0.821. The molecule has 4 nitrogen and oxygen atoms in total. The van der Waals surface area contributed by atoms with Crippen LogP contribution in [-0.2, 0) is 19.1 Å². The average Bonchev–Trinajstić information content (AvgIpc) is 2.23. The van der Waals surface area contributed by atoms with Gasteiger partial charge in [0.2, 0.25) is 6.10 Å². The van der Waals surface area contributed by atoms with E-state index in [1.807, 2.05) is 13.8 Å². The monoisotopic (exact) mass is 230 g/mol. The first-order valence-corrected chi connectivity index (χ1v) is 5.90. The van der Waals surface area contributed by atoms with Crippen LogP contribution in [0.4, 0.5) is 0 Å². The van der Waals surface area contributed by atoms with Crippen LogP contribution in [-0.4, -0.2) is 24.6 Å². The van der Waals surface area contributed by atoms with Crippen LogP contribution in [0.2, 0.25) is 0 Å². The summed E-state index contributed by atoms with van der Waals surface area (Å²) in [5, 5.41) is 0. The minimum atomic E-state index is -0.748. The Hall–Kier alpha value is -1.06. The molecule has 0 aliphatic carbocycles. The minimum Gasteiger partial charge on any atom is -0.463 e. The van der Waals surface area contributed by atoms with Gasteiger partial charge in [-0.15, -0.1) is 0 Å². The highest BCUT2D eigenvalue weighted by Gasteiger charge is 2.30. The summed E-state index contributed by atoms with van der Waals surface area (Å²) in [4.78, 5) is 22.6. The molecular formula is C12H22O4. The van der Waals surface area contributed by atoms with Gasteiger partial charge in [-0.25, -0.2) is 4.79 Å². The summed E-state index contributed by atoms with van der Waals surface area (Å²) in [5.41, 5.74) is 0. The van der Waals surface area contributed by atoms with Crippen molar-refractivity contribution >= 4 is 11.9 Å². The first-order chi connectivity index (χ1) is 7.56. The van der Waals surface area contributed by atoms with E-state index in [9.17, 15) is 9.59 Å². The molecule has 0 fully saturated rings. The van der Waals surface area contributed by atoms with Crippen LogP contribution >= 0.6 is 0 Å². The molecule has 0 N–H and O–H groups in total. The van der Waals surface area contributed by atoms with Crippen LogP contribution in [0, 0.1) is 5.92 Å². The van der Waals surface area contributed by atoms with E-state index in [-0.39, 0.29) is 5.92 Å². The number of carbonyl (C=O) groups excluding carboxylic acids is 2. The summed E-state index contributed by atoms with van der Waals surface area (Å²) in [7, 11) is 0. The Morgan fingerprint density at radius 1 is 1.19 bits per heavy atom. The molecule has 0 saturated heterocycles. The maximum atomic E-state index is 11.7. The zero-order valence-electron chi connectivity index (χ0n) is 10.6. The molecule has 0 saturated carbocycles. The Morgan fingerprint density at radius 2 is 1.81 bits per heavy atom. The fraction of sp³-hybridized carbons (Fsp3) is 0.833. The fourth-order valence-electron chi connectivity index (χ4n) is 1.68. The van der Waals surface area contributed by atoms with Gasteiger partial charge in [0, 0.05) is 12.8 Å². The van der Waals surface area contributed by atoms with Gasteiger partial charge in [0.1, 0.15) is 0 Å². The van der Waals surface area contributed by atoms with E-state index in [0.717, 1.165) is 19.3 Å². The molecular weight excluding hydrogens is 208 g/mol. The quantitative estimate of drug-likeness (QED) is 0.630. The molecule has 94 valence electrons. The second-order valence-electron chi connectivity index (χ2n) is 3.74. The molecule has 0 spiro atoms. The number of rotatable bonds is 7. The zero-order valence-corrected chi connectivity index (χ0v) is 10.6. The van der Waals surface area contributed by atoms with Crippen molar-refractivity contribution in [3.05, 3.63) is 0 Å². The predicted molar refractivity (Wildman–Crippen MR) is 60.9 cm³/mol. The van der Waals surface area contributed by atoms with Gasteiger partial charge in [-0.2, -0.15) is 0 Å². The van der Waals surface area contributed by atoms with Gasteiger partial charge in [-0.3, -0.25) is 4.79 Å². The highest BCUT2D eigenvalue weighted by Crippen LogP contribution is 2.20. The molecule has 0 aromatic heterocycles. The van der Waals surface area contributed by atoms with Crippen molar-refractivity contribution in [1.82, 2.24) is 0 Å².